The van der Waals surface area contributed by atoms with Crippen LogP contribution in [0, 0.1) is 5.82 Å². The highest BCUT2D eigenvalue weighted by atomic mass is 19.1. The molecule has 0 unspecified atom stereocenters. The second-order valence-electron chi connectivity index (χ2n) is 2.95. The van der Waals surface area contributed by atoms with Gasteiger partial charge in [0.1, 0.15) is 11.5 Å². The molecule has 0 amide bonds. The van der Waals surface area contributed by atoms with Gasteiger partial charge in [0.2, 0.25) is 0 Å². The molecule has 0 aliphatic rings. The number of fused-ring (bicyclic) bond motifs is 1. The van der Waals surface area contributed by atoms with E-state index in [9.17, 15) is 9.18 Å². The van der Waals surface area contributed by atoms with Crippen molar-refractivity contribution in [2.45, 2.75) is 0 Å². The number of carboxylic acid groups (broad SMARTS) is 1. The summed E-state index contributed by atoms with van der Waals surface area (Å²) in [5.74, 6) is -1.53. The molecule has 0 radical (unpaired) electrons. The van der Waals surface area contributed by atoms with Gasteiger partial charge in [-0.1, -0.05) is 0 Å². The van der Waals surface area contributed by atoms with Gasteiger partial charge in [-0.3, -0.25) is 4.98 Å². The molecule has 2 aromatic rings. The van der Waals surface area contributed by atoms with Crippen LogP contribution in [-0.2, 0) is 7.05 Å². The van der Waals surface area contributed by atoms with Crippen molar-refractivity contribution < 1.29 is 14.3 Å². The van der Waals surface area contributed by atoms with E-state index in [1.54, 1.807) is 7.05 Å². The standard InChI is InChI=1S/C9H7FN2O2/c1-12-7-2-5(10)4-11-6(7)3-8(12)9(13)14/h2-4H,1H3,(H,13,14). The normalized spacial score (nSPS) is 10.7. The largest absolute Gasteiger partial charge is 0.477 e. The number of carboxylic acids is 1. The lowest BCUT2D eigenvalue weighted by atomic mass is 10.3. The smallest absolute Gasteiger partial charge is 0.352 e. The average Bonchev–Trinajstić information content (AvgIpc) is 2.44. The highest BCUT2D eigenvalue weighted by Gasteiger charge is 2.12. The predicted octanol–water partition coefficient (Wildman–Crippen LogP) is 1.41. The fourth-order valence-electron chi connectivity index (χ4n) is 1.38. The molecule has 0 saturated heterocycles. The molecule has 5 heteroatoms. The molecule has 0 saturated carbocycles. The van der Waals surface area contributed by atoms with E-state index in [-0.39, 0.29) is 5.69 Å². The third-order valence-corrected chi connectivity index (χ3v) is 2.08. The van der Waals surface area contributed by atoms with Gasteiger partial charge < -0.3 is 9.67 Å². The zero-order valence-electron chi connectivity index (χ0n) is 7.36. The van der Waals surface area contributed by atoms with E-state index in [0.29, 0.717) is 11.0 Å². The first-order valence-electron chi connectivity index (χ1n) is 3.94. The Morgan fingerprint density at radius 3 is 2.93 bits per heavy atom. The number of nitrogens with zero attached hydrogens (tertiary/aromatic N) is 2. The first kappa shape index (κ1) is 8.68. The van der Waals surface area contributed by atoms with Gasteiger partial charge in [-0.2, -0.15) is 0 Å². The first-order valence-corrected chi connectivity index (χ1v) is 3.94. The van der Waals surface area contributed by atoms with E-state index in [1.165, 1.54) is 16.7 Å². The van der Waals surface area contributed by atoms with Gasteiger partial charge in [-0.25, -0.2) is 9.18 Å². The van der Waals surface area contributed by atoms with Gasteiger partial charge in [0.15, 0.2) is 0 Å². The molecule has 4 nitrogen and oxygen atoms in total. The monoisotopic (exact) mass is 194 g/mol. The molecule has 0 bridgehead atoms. The van der Waals surface area contributed by atoms with Gasteiger partial charge in [0, 0.05) is 13.1 Å². The van der Waals surface area contributed by atoms with Crippen LogP contribution < -0.4 is 0 Å². The van der Waals surface area contributed by atoms with E-state index >= 15 is 0 Å². The number of rotatable bonds is 1. The molecule has 2 rings (SSSR count). The molecule has 1 N–H and O–H groups in total. The summed E-state index contributed by atoms with van der Waals surface area (Å²) in [6, 6.07) is 2.67. The van der Waals surface area contributed by atoms with Crippen LogP contribution in [0.1, 0.15) is 10.5 Å². The third-order valence-electron chi connectivity index (χ3n) is 2.08. The topological polar surface area (TPSA) is 55.1 Å². The maximum absolute atomic E-state index is 12.8. The molecule has 72 valence electrons. The van der Waals surface area contributed by atoms with Gasteiger partial charge in [-0.15, -0.1) is 0 Å². The number of carbonyl (C=O) groups is 1. The SMILES string of the molecule is Cn1c(C(=O)O)cc2ncc(F)cc21. The summed E-state index contributed by atoms with van der Waals surface area (Å²) in [6.07, 6.45) is 1.06. The van der Waals surface area contributed by atoms with Crippen LogP contribution in [0.5, 0.6) is 0 Å². The van der Waals surface area contributed by atoms with Crippen LogP contribution in [0.2, 0.25) is 0 Å². The van der Waals surface area contributed by atoms with Crippen LogP contribution in [0.4, 0.5) is 4.39 Å². The Morgan fingerprint density at radius 2 is 2.29 bits per heavy atom. The molecular formula is C9H7FN2O2. The number of aromatic carboxylic acids is 1. The molecule has 14 heavy (non-hydrogen) atoms. The highest BCUT2D eigenvalue weighted by Crippen LogP contribution is 2.17. The molecule has 0 atom stereocenters. The van der Waals surface area contributed by atoms with Crippen LogP contribution in [0.25, 0.3) is 11.0 Å². The molecule has 0 spiro atoms. The zero-order chi connectivity index (χ0) is 10.3. The predicted molar refractivity (Wildman–Crippen MR) is 47.6 cm³/mol. The molecular weight excluding hydrogens is 187 g/mol. The number of hydrogen-bond acceptors (Lipinski definition) is 2. The molecule has 0 aromatic carbocycles. The van der Waals surface area contributed by atoms with Gasteiger partial charge in [0.05, 0.1) is 17.2 Å². The maximum Gasteiger partial charge on any atom is 0.352 e. The average molecular weight is 194 g/mol. The van der Waals surface area contributed by atoms with Crippen molar-refractivity contribution in [1.82, 2.24) is 9.55 Å². The summed E-state index contributed by atoms with van der Waals surface area (Å²) in [5, 5.41) is 8.79. The second kappa shape index (κ2) is 2.80. The summed E-state index contributed by atoms with van der Waals surface area (Å²) in [5.41, 5.74) is 1.05. The Labute approximate surface area is 78.6 Å². The second-order valence-corrected chi connectivity index (χ2v) is 2.95. The molecule has 2 aromatic heterocycles. The summed E-state index contributed by atoms with van der Waals surface area (Å²) in [4.78, 5) is 14.5. The lowest BCUT2D eigenvalue weighted by molar-refractivity contribution is 0.0687. The van der Waals surface area contributed by atoms with E-state index < -0.39 is 11.8 Å². The molecule has 0 aliphatic heterocycles. The molecule has 2 heterocycles. The number of aryl methyl sites for hydroxylation is 1. The minimum atomic E-state index is -1.05. The fraction of sp³-hybridized carbons (Fsp3) is 0.111. The van der Waals surface area contributed by atoms with Crippen LogP contribution in [-0.4, -0.2) is 20.6 Å². The summed E-state index contributed by atoms with van der Waals surface area (Å²) in [7, 11) is 1.56. The first-order chi connectivity index (χ1) is 6.59. The highest BCUT2D eigenvalue weighted by molar-refractivity contribution is 5.93. The van der Waals surface area contributed by atoms with Gasteiger partial charge in [0.25, 0.3) is 0 Å². The Kier molecular flexibility index (Phi) is 1.73. The zero-order valence-corrected chi connectivity index (χ0v) is 7.36. The Hall–Kier alpha value is -1.91. The molecule has 0 aliphatic carbocycles. The van der Waals surface area contributed by atoms with E-state index in [0.717, 1.165) is 6.20 Å². The van der Waals surface area contributed by atoms with Crippen molar-refractivity contribution in [1.29, 1.82) is 0 Å². The van der Waals surface area contributed by atoms with Crippen molar-refractivity contribution in [2.24, 2.45) is 7.05 Å². The number of pyridine rings is 1. The van der Waals surface area contributed by atoms with Crippen molar-refractivity contribution in [3.05, 3.63) is 29.8 Å². The van der Waals surface area contributed by atoms with Crippen LogP contribution in [0.15, 0.2) is 18.3 Å². The van der Waals surface area contributed by atoms with Gasteiger partial charge in [-0.05, 0) is 6.07 Å². The fourth-order valence-corrected chi connectivity index (χ4v) is 1.38. The van der Waals surface area contributed by atoms with Gasteiger partial charge >= 0.3 is 5.97 Å². The number of hydrogen-bond donors (Lipinski definition) is 1. The number of aromatic nitrogens is 2. The summed E-state index contributed by atoms with van der Waals surface area (Å²) in [6.45, 7) is 0. The Balaban J connectivity index is 2.80. The minimum absolute atomic E-state index is 0.0955. The lowest BCUT2D eigenvalue weighted by Gasteiger charge is -1.97. The Bertz CT molecular complexity index is 519. The van der Waals surface area contributed by atoms with E-state index in [2.05, 4.69) is 4.98 Å². The maximum atomic E-state index is 12.8. The van der Waals surface area contributed by atoms with Crippen molar-refractivity contribution in [3.8, 4) is 0 Å². The number of halogens is 1. The quantitative estimate of drug-likeness (QED) is 0.746. The van der Waals surface area contributed by atoms with Crippen LogP contribution >= 0.6 is 0 Å². The summed E-state index contributed by atoms with van der Waals surface area (Å²) >= 11 is 0. The lowest BCUT2D eigenvalue weighted by Crippen LogP contribution is -2.03. The Morgan fingerprint density at radius 1 is 1.57 bits per heavy atom. The van der Waals surface area contributed by atoms with E-state index in [4.69, 9.17) is 5.11 Å². The summed E-state index contributed by atoms with van der Waals surface area (Å²) < 4.78 is 14.2. The van der Waals surface area contributed by atoms with Crippen molar-refractivity contribution in [3.63, 3.8) is 0 Å². The van der Waals surface area contributed by atoms with Crippen molar-refractivity contribution in [2.75, 3.05) is 0 Å². The van der Waals surface area contributed by atoms with Crippen molar-refractivity contribution >= 4 is 17.0 Å². The van der Waals surface area contributed by atoms with Crippen LogP contribution in [0.3, 0.4) is 0 Å². The third kappa shape index (κ3) is 1.14. The van der Waals surface area contributed by atoms with E-state index in [1.807, 2.05) is 0 Å². The molecule has 0 fully saturated rings. The minimum Gasteiger partial charge on any atom is -0.477 e.